The maximum absolute atomic E-state index is 12.1. The third kappa shape index (κ3) is 3.80. The van der Waals surface area contributed by atoms with Crippen molar-refractivity contribution in [3.63, 3.8) is 0 Å². The van der Waals surface area contributed by atoms with E-state index >= 15 is 0 Å². The summed E-state index contributed by atoms with van der Waals surface area (Å²) in [6, 6.07) is 1.84. The molecule has 1 rings (SSSR count). The first-order chi connectivity index (χ1) is 8.61. The van der Waals surface area contributed by atoms with E-state index in [1.54, 1.807) is 25.2 Å². The average Bonchev–Trinajstić information content (AvgIpc) is 2.56. The molecule has 0 aliphatic rings. The lowest BCUT2D eigenvalue weighted by Gasteiger charge is -2.33. The van der Waals surface area contributed by atoms with Gasteiger partial charge in [0.15, 0.2) is 9.84 Å². The van der Waals surface area contributed by atoms with Crippen LogP contribution < -0.4 is 5.32 Å². The smallest absolute Gasteiger partial charge is 0.154 e. The number of sulfone groups is 1. The van der Waals surface area contributed by atoms with Crippen LogP contribution in [0.1, 0.15) is 43.7 Å². The number of aryl methyl sites for hydroxylation is 1. The monoisotopic (exact) mass is 367 g/mol. The number of nitrogens with one attached hydrogen (secondary N) is 1. The lowest BCUT2D eigenvalue weighted by molar-refractivity contribution is 0.420. The van der Waals surface area contributed by atoms with Gasteiger partial charge in [0.1, 0.15) is 0 Å². The van der Waals surface area contributed by atoms with Gasteiger partial charge < -0.3 is 5.32 Å². The average molecular weight is 368 g/mol. The molecule has 0 bridgehead atoms. The summed E-state index contributed by atoms with van der Waals surface area (Å²) >= 11 is 5.12. The number of halogens is 1. The molecule has 1 atom stereocenters. The van der Waals surface area contributed by atoms with Crippen molar-refractivity contribution in [1.29, 1.82) is 0 Å². The first kappa shape index (κ1) is 17.1. The van der Waals surface area contributed by atoms with Gasteiger partial charge in [-0.3, -0.25) is 0 Å². The Morgan fingerprint density at radius 3 is 2.42 bits per heavy atom. The van der Waals surface area contributed by atoms with Crippen LogP contribution in [0.5, 0.6) is 0 Å². The maximum Gasteiger partial charge on any atom is 0.154 e. The second kappa shape index (κ2) is 6.24. The van der Waals surface area contributed by atoms with Gasteiger partial charge in [0, 0.05) is 11.1 Å². The van der Waals surface area contributed by atoms with Crippen molar-refractivity contribution in [2.24, 2.45) is 0 Å². The summed E-state index contributed by atoms with van der Waals surface area (Å²) in [6.07, 6.45) is 2.28. The predicted octanol–water partition coefficient (Wildman–Crippen LogP) is 3.68. The Labute approximate surface area is 128 Å². The van der Waals surface area contributed by atoms with E-state index in [4.69, 9.17) is 0 Å². The first-order valence-electron chi connectivity index (χ1n) is 6.30. The van der Waals surface area contributed by atoms with Gasteiger partial charge in [-0.05, 0) is 61.3 Å². The molecule has 0 saturated heterocycles. The molecule has 0 spiro atoms. The quantitative estimate of drug-likeness (QED) is 0.833. The van der Waals surface area contributed by atoms with Gasteiger partial charge in [-0.25, -0.2) is 8.42 Å². The van der Waals surface area contributed by atoms with Crippen LogP contribution in [0.25, 0.3) is 0 Å². The van der Waals surface area contributed by atoms with Gasteiger partial charge in [0.05, 0.1) is 14.6 Å². The molecule has 1 aromatic rings. The van der Waals surface area contributed by atoms with Crippen LogP contribution in [-0.4, -0.2) is 26.0 Å². The van der Waals surface area contributed by atoms with Crippen LogP contribution in [0.3, 0.4) is 0 Å². The molecule has 6 heteroatoms. The Hall–Kier alpha value is 0.0900. The Morgan fingerprint density at radius 2 is 2.05 bits per heavy atom. The largest absolute Gasteiger partial charge is 0.309 e. The van der Waals surface area contributed by atoms with Crippen LogP contribution in [0.4, 0.5) is 0 Å². The van der Waals surface area contributed by atoms with Crippen molar-refractivity contribution < 1.29 is 8.42 Å². The van der Waals surface area contributed by atoms with Gasteiger partial charge >= 0.3 is 0 Å². The van der Waals surface area contributed by atoms with E-state index in [0.29, 0.717) is 0 Å². The molecule has 0 aromatic carbocycles. The van der Waals surface area contributed by atoms with Crippen LogP contribution in [0.2, 0.25) is 0 Å². The van der Waals surface area contributed by atoms with E-state index in [0.717, 1.165) is 27.2 Å². The van der Waals surface area contributed by atoms with Crippen molar-refractivity contribution in [2.75, 3.05) is 12.8 Å². The number of rotatable bonds is 6. The second-order valence-corrected chi connectivity index (χ2v) is 10.6. The standard InChI is InChI=1S/C13H22BrNO2S2/c1-6-7-15-12(13(3,4)19(5,16)17)10-8-11(14)18-9(10)2/h8,12,15H,6-7H2,1-5H3. The molecule has 1 N–H and O–H groups in total. The molecule has 110 valence electrons. The fourth-order valence-corrected chi connectivity index (χ4v) is 4.36. The number of hydrogen-bond acceptors (Lipinski definition) is 4. The molecule has 0 fully saturated rings. The highest BCUT2D eigenvalue weighted by Gasteiger charge is 2.40. The van der Waals surface area contributed by atoms with E-state index < -0.39 is 14.6 Å². The summed E-state index contributed by atoms with van der Waals surface area (Å²) in [6.45, 7) is 8.50. The minimum atomic E-state index is -3.16. The van der Waals surface area contributed by atoms with Crippen molar-refractivity contribution in [3.8, 4) is 0 Å². The Balaban J connectivity index is 3.26. The highest BCUT2D eigenvalue weighted by molar-refractivity contribution is 9.11. The van der Waals surface area contributed by atoms with E-state index in [1.165, 1.54) is 6.26 Å². The fourth-order valence-electron chi connectivity index (χ4n) is 1.98. The predicted molar refractivity (Wildman–Crippen MR) is 86.7 cm³/mol. The molecule has 0 aliphatic carbocycles. The van der Waals surface area contributed by atoms with Crippen LogP contribution >= 0.6 is 27.3 Å². The summed E-state index contributed by atoms with van der Waals surface area (Å²) < 4.78 is 24.4. The van der Waals surface area contributed by atoms with Crippen LogP contribution in [0.15, 0.2) is 9.85 Å². The van der Waals surface area contributed by atoms with E-state index in [1.807, 2.05) is 13.0 Å². The SMILES string of the molecule is CCCNC(c1cc(Br)sc1C)C(C)(C)S(C)(=O)=O. The maximum atomic E-state index is 12.1. The molecule has 1 unspecified atom stereocenters. The Morgan fingerprint density at radius 1 is 1.47 bits per heavy atom. The summed E-state index contributed by atoms with van der Waals surface area (Å²) in [5, 5.41) is 3.39. The van der Waals surface area contributed by atoms with Gasteiger partial charge in [-0.15, -0.1) is 11.3 Å². The zero-order valence-electron chi connectivity index (χ0n) is 12.1. The lowest BCUT2D eigenvalue weighted by Crippen LogP contribution is -2.45. The van der Waals surface area contributed by atoms with E-state index in [9.17, 15) is 8.42 Å². The van der Waals surface area contributed by atoms with Gasteiger partial charge in [-0.1, -0.05) is 6.92 Å². The van der Waals surface area contributed by atoms with Crippen molar-refractivity contribution >= 4 is 37.1 Å². The van der Waals surface area contributed by atoms with Crippen molar-refractivity contribution in [3.05, 3.63) is 20.3 Å². The fraction of sp³-hybridized carbons (Fsp3) is 0.692. The normalized spacial score (nSPS) is 14.6. The third-order valence-electron chi connectivity index (χ3n) is 3.49. The molecular formula is C13H22BrNO2S2. The highest BCUT2D eigenvalue weighted by atomic mass is 79.9. The van der Waals surface area contributed by atoms with Gasteiger partial charge in [-0.2, -0.15) is 0 Å². The number of thiophene rings is 1. The van der Waals surface area contributed by atoms with E-state index in [-0.39, 0.29) is 6.04 Å². The van der Waals surface area contributed by atoms with Crippen molar-refractivity contribution in [1.82, 2.24) is 5.32 Å². The molecule has 0 saturated carbocycles. The van der Waals surface area contributed by atoms with Gasteiger partial charge in [0.25, 0.3) is 0 Å². The number of hydrogen-bond donors (Lipinski definition) is 1. The van der Waals surface area contributed by atoms with Gasteiger partial charge in [0.2, 0.25) is 0 Å². The zero-order valence-corrected chi connectivity index (χ0v) is 15.3. The minimum Gasteiger partial charge on any atom is -0.309 e. The topological polar surface area (TPSA) is 46.2 Å². The zero-order chi connectivity index (χ0) is 14.8. The molecular weight excluding hydrogens is 346 g/mol. The summed E-state index contributed by atoms with van der Waals surface area (Å²) in [5.74, 6) is 0. The van der Waals surface area contributed by atoms with E-state index in [2.05, 4.69) is 28.2 Å². The van der Waals surface area contributed by atoms with Crippen LogP contribution in [-0.2, 0) is 9.84 Å². The third-order valence-corrected chi connectivity index (χ3v) is 7.20. The minimum absolute atomic E-state index is 0.190. The summed E-state index contributed by atoms with van der Waals surface area (Å²) in [4.78, 5) is 1.15. The van der Waals surface area contributed by atoms with Crippen LogP contribution in [0, 0.1) is 6.92 Å². The summed E-state index contributed by atoms with van der Waals surface area (Å²) in [7, 11) is -3.16. The molecule has 0 radical (unpaired) electrons. The molecule has 1 heterocycles. The molecule has 3 nitrogen and oxygen atoms in total. The first-order valence-corrected chi connectivity index (χ1v) is 9.80. The Kier molecular flexibility index (Phi) is 5.63. The van der Waals surface area contributed by atoms with Crippen molar-refractivity contribution in [2.45, 2.75) is 44.9 Å². The second-order valence-electron chi connectivity index (χ2n) is 5.32. The molecule has 0 amide bonds. The lowest BCUT2D eigenvalue weighted by atomic mass is 9.95. The molecule has 19 heavy (non-hydrogen) atoms. The Bertz CT molecular complexity index is 535. The molecule has 1 aromatic heterocycles. The molecule has 0 aliphatic heterocycles. The highest BCUT2D eigenvalue weighted by Crippen LogP contribution is 2.38. The summed E-state index contributed by atoms with van der Waals surface area (Å²) in [5.41, 5.74) is 1.07.